The normalized spacial score (nSPS) is 19.9. The Morgan fingerprint density at radius 3 is 2.40 bits per heavy atom. The maximum absolute atomic E-state index is 14.4. The van der Waals surface area contributed by atoms with E-state index in [1.165, 1.54) is 4.90 Å². The quantitative estimate of drug-likeness (QED) is 0.0837. The van der Waals surface area contributed by atoms with Crippen molar-refractivity contribution in [1.29, 1.82) is 0 Å². The van der Waals surface area contributed by atoms with Crippen LogP contribution in [0.5, 0.6) is 5.75 Å². The lowest BCUT2D eigenvalue weighted by molar-refractivity contribution is -0.141. The summed E-state index contributed by atoms with van der Waals surface area (Å²) < 4.78 is 7.98. The summed E-state index contributed by atoms with van der Waals surface area (Å²) in [5.41, 5.74) is 13.9. The first-order valence-corrected chi connectivity index (χ1v) is 24.9. The number of nitrogen functional groups attached to an aromatic ring is 1. The summed E-state index contributed by atoms with van der Waals surface area (Å²) >= 11 is 1.60. The average Bonchev–Trinajstić information content (AvgIpc) is 4.18. The highest BCUT2D eigenvalue weighted by Gasteiger charge is 2.44. The fraction of sp³-hybridized carbons (Fsp3) is 0.471. The van der Waals surface area contributed by atoms with Crippen LogP contribution >= 0.6 is 11.3 Å². The molecule has 16 nitrogen and oxygen atoms in total. The van der Waals surface area contributed by atoms with Crippen molar-refractivity contribution in [3.63, 3.8) is 0 Å². The Bertz CT molecular complexity index is 2680. The van der Waals surface area contributed by atoms with Crippen LogP contribution in [0, 0.1) is 24.7 Å². The van der Waals surface area contributed by atoms with E-state index in [4.69, 9.17) is 15.4 Å². The van der Waals surface area contributed by atoms with Crippen molar-refractivity contribution in [1.82, 2.24) is 45.2 Å². The van der Waals surface area contributed by atoms with Crippen molar-refractivity contribution >= 4 is 34.8 Å². The van der Waals surface area contributed by atoms with Gasteiger partial charge in [0.05, 0.1) is 46.2 Å². The number of benzene rings is 2. The average molecular weight is 942 g/mol. The molecule has 2 amide bonds. The lowest BCUT2D eigenvalue weighted by Crippen LogP contribution is -2.48. The number of hydrogen-bond acceptors (Lipinski definition) is 14. The number of para-hydroxylation sites is 1. The zero-order valence-electron chi connectivity index (χ0n) is 39.5. The van der Waals surface area contributed by atoms with Crippen LogP contribution in [0.4, 0.5) is 11.6 Å². The summed E-state index contributed by atoms with van der Waals surface area (Å²) in [6.45, 7) is 15.1. The maximum Gasteiger partial charge on any atom is 0.243 e. The van der Waals surface area contributed by atoms with Gasteiger partial charge < -0.3 is 40.5 Å². The molecule has 7 heterocycles. The Balaban J connectivity index is 0.751. The Hall–Kier alpha value is -6.17. The van der Waals surface area contributed by atoms with Gasteiger partial charge in [-0.15, -0.1) is 21.5 Å². The van der Waals surface area contributed by atoms with Gasteiger partial charge in [-0.2, -0.15) is 5.10 Å². The van der Waals surface area contributed by atoms with E-state index in [0.717, 1.165) is 97.0 Å². The Labute approximate surface area is 401 Å². The molecule has 4 aromatic heterocycles. The molecule has 0 bridgehead atoms. The van der Waals surface area contributed by atoms with Gasteiger partial charge in [-0.3, -0.25) is 14.3 Å². The van der Waals surface area contributed by atoms with Crippen LogP contribution in [-0.2, 0) is 9.59 Å². The van der Waals surface area contributed by atoms with Crippen molar-refractivity contribution in [2.75, 3.05) is 49.9 Å². The number of phenols is 1. The molecule has 3 saturated heterocycles. The topological polar surface area (TPSA) is 205 Å². The van der Waals surface area contributed by atoms with Crippen molar-refractivity contribution in [2.45, 2.75) is 96.9 Å². The molecule has 3 aliphatic heterocycles. The Kier molecular flexibility index (Phi) is 13.9. The number of thiazole rings is 1. The predicted octanol–water partition coefficient (Wildman–Crippen LogP) is 7.48. The predicted molar refractivity (Wildman–Crippen MR) is 263 cm³/mol. The summed E-state index contributed by atoms with van der Waals surface area (Å²) in [5, 5.41) is 41.9. The molecule has 0 saturated carbocycles. The number of rotatable bonds is 14. The smallest absolute Gasteiger partial charge is 0.243 e. The number of aliphatic hydroxyl groups is 1. The Morgan fingerprint density at radius 1 is 0.941 bits per heavy atom. The van der Waals surface area contributed by atoms with Gasteiger partial charge in [0.15, 0.2) is 17.4 Å². The molecule has 5 N–H and O–H groups in total. The van der Waals surface area contributed by atoms with E-state index in [-0.39, 0.29) is 48.5 Å². The van der Waals surface area contributed by atoms with E-state index in [9.17, 15) is 19.8 Å². The van der Waals surface area contributed by atoms with E-state index < -0.39 is 18.1 Å². The van der Waals surface area contributed by atoms with Gasteiger partial charge in [0.25, 0.3) is 0 Å². The maximum atomic E-state index is 14.4. The summed E-state index contributed by atoms with van der Waals surface area (Å²) in [6.07, 6.45) is 7.49. The first-order valence-electron chi connectivity index (χ1n) is 24.0. The van der Waals surface area contributed by atoms with E-state index in [0.29, 0.717) is 34.7 Å². The highest BCUT2D eigenvalue weighted by Crippen LogP contribution is 2.37. The highest BCUT2D eigenvalue weighted by atomic mass is 32.1. The third-order valence-electron chi connectivity index (χ3n) is 14.5. The second-order valence-electron chi connectivity index (χ2n) is 19.4. The minimum absolute atomic E-state index is 0.0826. The largest absolute Gasteiger partial charge is 0.507 e. The van der Waals surface area contributed by atoms with Crippen molar-refractivity contribution in [3.8, 4) is 38.6 Å². The number of amides is 2. The summed E-state index contributed by atoms with van der Waals surface area (Å²) in [7, 11) is 0. The molecule has 3 fully saturated rings. The fourth-order valence-electron chi connectivity index (χ4n) is 10.4. The first kappa shape index (κ1) is 46.9. The molecule has 3 aliphatic rings. The zero-order valence-corrected chi connectivity index (χ0v) is 40.3. The first-order chi connectivity index (χ1) is 32.8. The number of aliphatic hydroxyl groups excluding tert-OH is 1. The number of carbonyl (C=O) groups excluding carboxylic acids is 2. The van der Waals surface area contributed by atoms with Crippen LogP contribution in [-0.4, -0.2) is 113 Å². The van der Waals surface area contributed by atoms with E-state index in [1.807, 2.05) is 92.7 Å². The van der Waals surface area contributed by atoms with E-state index >= 15 is 0 Å². The molecule has 0 unspecified atom stereocenters. The lowest BCUT2D eigenvalue weighted by atomic mass is 9.89. The number of anilines is 2. The molecule has 9 rings (SSSR count). The molecule has 68 heavy (non-hydrogen) atoms. The van der Waals surface area contributed by atoms with Crippen molar-refractivity contribution in [2.24, 2.45) is 17.8 Å². The molecule has 0 spiro atoms. The molecule has 0 aliphatic carbocycles. The van der Waals surface area contributed by atoms with Crippen LogP contribution in [0.2, 0.25) is 0 Å². The minimum atomic E-state index is -0.803. The number of phenolic OH excluding ortho intramolecular Hbond substituents is 1. The number of nitrogens with zero attached hydrogens (tertiary/aromatic N) is 9. The van der Waals surface area contributed by atoms with Gasteiger partial charge in [0, 0.05) is 61.6 Å². The zero-order chi connectivity index (χ0) is 47.6. The highest BCUT2D eigenvalue weighted by molar-refractivity contribution is 7.13. The number of hydrogen-bond donors (Lipinski definition) is 4. The molecular formula is C51H63N11O5S. The number of aryl methyl sites for hydroxylation is 1. The Morgan fingerprint density at radius 2 is 1.69 bits per heavy atom. The number of aromatic hydroxyl groups is 1. The summed E-state index contributed by atoms with van der Waals surface area (Å²) in [5.74, 6) is 1.42. The SMILES string of the molecule is Cc1ncsc1-c1ccc([C@H](C)NC(=O)[C@@H]2C[C@@H](O)CN2C(=O)[C@@H](c2cc(N3CCC(CN4CCC([C@H](C)n5cc(-c6cc(-c7ccccc7O)nnc6N)cn5)CC4)CC3)no2)C(C)C)cc1. The fourth-order valence-corrected chi connectivity index (χ4v) is 11.2. The standard InChI is InChI=1S/C51H63N11O5S/c1-30(2)47(51(66)61-28-39(63)22-43(61)50(65)55-31(3)35-10-12-37(13-11-35)48-32(4)53-29-68-48)45-24-46(58-67-45)60-20-14-34(15-21-60)26-59-18-16-36(17-19-59)33(5)62-27-38(25-54-62)41-23-42(56-57-49(41)52)40-8-6-7-9-44(40)64/h6-13,23-25,27,29-31,33-34,36,39,43,47,63-64H,14-22,26,28H2,1-5H3,(H2,52,57)(H,55,65)/t31-,33-,39+,43-,47+/m0/s1. The van der Waals surface area contributed by atoms with Crippen molar-refractivity contribution in [3.05, 3.63) is 95.6 Å². The van der Waals surface area contributed by atoms with Gasteiger partial charge in [0.2, 0.25) is 11.8 Å². The van der Waals surface area contributed by atoms with Gasteiger partial charge in [0.1, 0.15) is 17.7 Å². The number of aromatic nitrogens is 6. The number of nitrogens with two attached hydrogens (primary N) is 1. The number of likely N-dealkylation sites (tertiary alicyclic amines) is 2. The van der Waals surface area contributed by atoms with Gasteiger partial charge in [-0.05, 0) is 107 Å². The van der Waals surface area contributed by atoms with Crippen LogP contribution in [0.3, 0.4) is 0 Å². The third-order valence-corrected chi connectivity index (χ3v) is 15.5. The number of carbonyl (C=O) groups is 2. The molecule has 17 heteroatoms. The number of β-amino-alcohol motifs (C(OH)–C–C–N with tert-alkyl or cyclic N) is 1. The minimum Gasteiger partial charge on any atom is -0.507 e. The third kappa shape index (κ3) is 10.0. The van der Waals surface area contributed by atoms with Crippen LogP contribution < -0.4 is 16.0 Å². The van der Waals surface area contributed by atoms with Crippen LogP contribution in [0.15, 0.2) is 83.1 Å². The van der Waals surface area contributed by atoms with Gasteiger partial charge >= 0.3 is 0 Å². The monoisotopic (exact) mass is 941 g/mol. The number of piperidine rings is 2. The molecule has 6 aromatic rings. The molecular weight excluding hydrogens is 879 g/mol. The lowest BCUT2D eigenvalue weighted by Gasteiger charge is -2.38. The van der Waals surface area contributed by atoms with E-state index in [2.05, 4.69) is 42.4 Å². The van der Waals surface area contributed by atoms with Crippen molar-refractivity contribution < 1.29 is 24.3 Å². The van der Waals surface area contributed by atoms with Crippen LogP contribution in [0.25, 0.3) is 32.8 Å². The number of nitrogens with one attached hydrogen (secondary N) is 1. The van der Waals surface area contributed by atoms with E-state index in [1.54, 1.807) is 29.5 Å². The van der Waals surface area contributed by atoms with Gasteiger partial charge in [-0.1, -0.05) is 55.4 Å². The molecule has 0 radical (unpaired) electrons. The molecule has 2 aromatic carbocycles. The second kappa shape index (κ2) is 20.2. The molecule has 5 atom stereocenters. The molecule has 358 valence electrons. The summed E-state index contributed by atoms with van der Waals surface area (Å²) in [4.78, 5) is 40.0. The summed E-state index contributed by atoms with van der Waals surface area (Å²) in [6, 6.07) is 18.0. The van der Waals surface area contributed by atoms with Crippen LogP contribution in [0.1, 0.15) is 94.8 Å². The van der Waals surface area contributed by atoms with Gasteiger partial charge in [-0.25, -0.2) is 4.98 Å². The second-order valence-corrected chi connectivity index (χ2v) is 20.2.